The van der Waals surface area contributed by atoms with Crippen molar-refractivity contribution in [3.63, 3.8) is 0 Å². The highest BCUT2D eigenvalue weighted by atomic mass is 16.5. The molecule has 88 valence electrons. The summed E-state index contributed by atoms with van der Waals surface area (Å²) in [6, 6.07) is 0. The lowest BCUT2D eigenvalue weighted by atomic mass is 10.3. The molecule has 5 N–H and O–H groups in total. The van der Waals surface area contributed by atoms with Crippen molar-refractivity contribution in [3.8, 4) is 0 Å². The summed E-state index contributed by atoms with van der Waals surface area (Å²) in [4.78, 5) is 0. The number of aliphatic hydroxyl groups excluding tert-OH is 2. The number of aliphatic hydroxyl groups is 2. The summed E-state index contributed by atoms with van der Waals surface area (Å²) in [6.45, 7) is 2.14. The monoisotopic (exact) mass is 216 g/mol. The second-order valence-electron chi connectivity index (χ2n) is 3.05. The number of nitrogens with one attached hydrogen (secondary N) is 1. The first kappa shape index (κ1) is 14.0. The average Bonchev–Trinajstić information content (AvgIpc) is 2.24. The van der Waals surface area contributed by atoms with Gasteiger partial charge < -0.3 is 20.7 Å². The molecule has 5 nitrogen and oxygen atoms in total. The standard InChI is InChI=1S/C10H20N2O3/c1-8(15-2)9(11)4-3-5-10(14)12-6-7-13/h3-4,10,12-14H,5-7,11H2,1-2H3/b4-3-,9-8-. The number of ether oxygens (including phenoxy) is 1. The molecule has 0 saturated heterocycles. The molecule has 0 fully saturated rings. The van der Waals surface area contributed by atoms with Crippen molar-refractivity contribution >= 4 is 0 Å². The van der Waals surface area contributed by atoms with Gasteiger partial charge in [0.1, 0.15) is 12.0 Å². The predicted octanol–water partition coefficient (Wildman–Crippen LogP) is -0.330. The fraction of sp³-hybridized carbons (Fsp3) is 0.600. The van der Waals surface area contributed by atoms with Gasteiger partial charge in [-0.05, 0) is 13.0 Å². The Bertz CT molecular complexity index is 227. The van der Waals surface area contributed by atoms with E-state index in [1.807, 2.05) is 0 Å². The first-order valence-corrected chi connectivity index (χ1v) is 4.81. The highest BCUT2D eigenvalue weighted by molar-refractivity contribution is 5.17. The second-order valence-corrected chi connectivity index (χ2v) is 3.05. The van der Waals surface area contributed by atoms with E-state index in [0.717, 1.165) is 0 Å². The van der Waals surface area contributed by atoms with Gasteiger partial charge in [0, 0.05) is 13.0 Å². The third-order valence-electron chi connectivity index (χ3n) is 1.86. The molecule has 0 aliphatic rings. The average molecular weight is 216 g/mol. The number of rotatable bonds is 7. The minimum Gasteiger partial charge on any atom is -0.499 e. The molecular weight excluding hydrogens is 196 g/mol. The second kappa shape index (κ2) is 8.28. The van der Waals surface area contributed by atoms with Crippen molar-refractivity contribution in [1.29, 1.82) is 0 Å². The van der Waals surface area contributed by atoms with E-state index in [1.165, 1.54) is 0 Å². The molecule has 0 aromatic carbocycles. The van der Waals surface area contributed by atoms with E-state index in [2.05, 4.69) is 5.32 Å². The molecule has 0 rings (SSSR count). The molecule has 1 atom stereocenters. The molecule has 0 aliphatic heterocycles. The molecule has 0 radical (unpaired) electrons. The van der Waals surface area contributed by atoms with Crippen LogP contribution < -0.4 is 11.1 Å². The third kappa shape index (κ3) is 6.96. The molecule has 0 heterocycles. The summed E-state index contributed by atoms with van der Waals surface area (Å²) in [5.41, 5.74) is 6.17. The Morgan fingerprint density at radius 3 is 2.80 bits per heavy atom. The van der Waals surface area contributed by atoms with E-state index in [0.29, 0.717) is 24.4 Å². The van der Waals surface area contributed by atoms with Crippen molar-refractivity contribution in [2.24, 2.45) is 5.73 Å². The number of nitrogens with two attached hydrogens (primary N) is 1. The smallest absolute Gasteiger partial charge is 0.115 e. The van der Waals surface area contributed by atoms with Gasteiger partial charge in [0.05, 0.1) is 19.4 Å². The van der Waals surface area contributed by atoms with Crippen LogP contribution in [0.5, 0.6) is 0 Å². The summed E-state index contributed by atoms with van der Waals surface area (Å²) in [6.07, 6.45) is 3.19. The van der Waals surface area contributed by atoms with E-state index in [1.54, 1.807) is 26.2 Å². The Morgan fingerprint density at radius 2 is 2.27 bits per heavy atom. The lowest BCUT2D eigenvalue weighted by Crippen LogP contribution is -2.30. The van der Waals surface area contributed by atoms with Crippen LogP contribution in [-0.2, 0) is 4.74 Å². The van der Waals surface area contributed by atoms with Gasteiger partial charge in [-0.25, -0.2) is 0 Å². The molecular formula is C10H20N2O3. The maximum Gasteiger partial charge on any atom is 0.115 e. The summed E-state index contributed by atoms with van der Waals surface area (Å²) >= 11 is 0. The summed E-state index contributed by atoms with van der Waals surface area (Å²) in [5, 5.41) is 20.5. The van der Waals surface area contributed by atoms with Crippen LogP contribution in [0.2, 0.25) is 0 Å². The minimum absolute atomic E-state index is 0.00555. The lowest BCUT2D eigenvalue weighted by molar-refractivity contribution is 0.131. The molecule has 0 saturated carbocycles. The quantitative estimate of drug-likeness (QED) is 0.266. The van der Waals surface area contributed by atoms with Crippen LogP contribution in [0.25, 0.3) is 0 Å². The highest BCUT2D eigenvalue weighted by Gasteiger charge is 1.98. The molecule has 0 aromatic rings. The minimum atomic E-state index is -0.663. The maximum absolute atomic E-state index is 9.33. The van der Waals surface area contributed by atoms with Crippen LogP contribution in [0.4, 0.5) is 0 Å². The molecule has 0 aliphatic carbocycles. The van der Waals surface area contributed by atoms with Gasteiger partial charge in [0.25, 0.3) is 0 Å². The number of hydrogen-bond acceptors (Lipinski definition) is 5. The molecule has 5 heteroatoms. The van der Waals surface area contributed by atoms with Crippen molar-refractivity contribution < 1.29 is 14.9 Å². The molecule has 1 unspecified atom stereocenters. The summed E-state index contributed by atoms with van der Waals surface area (Å²) in [5.74, 6) is 0.643. The van der Waals surface area contributed by atoms with Crippen LogP contribution in [0.1, 0.15) is 13.3 Å². The van der Waals surface area contributed by atoms with Gasteiger partial charge >= 0.3 is 0 Å². The van der Waals surface area contributed by atoms with E-state index in [4.69, 9.17) is 15.6 Å². The molecule has 15 heavy (non-hydrogen) atoms. The third-order valence-corrected chi connectivity index (χ3v) is 1.86. The van der Waals surface area contributed by atoms with Crippen LogP contribution in [0, 0.1) is 0 Å². The van der Waals surface area contributed by atoms with Crippen LogP contribution in [-0.4, -0.2) is 36.7 Å². The lowest BCUT2D eigenvalue weighted by Gasteiger charge is -2.08. The molecule has 0 spiro atoms. The summed E-state index contributed by atoms with van der Waals surface area (Å²) in [7, 11) is 1.55. The SMILES string of the molecule is CO/C(C)=C(N)/C=C\CC(O)NCCO. The van der Waals surface area contributed by atoms with Crippen LogP contribution in [0.3, 0.4) is 0 Å². The molecule has 0 bridgehead atoms. The van der Waals surface area contributed by atoms with Crippen LogP contribution >= 0.6 is 0 Å². The Kier molecular flexibility index (Phi) is 7.71. The Balaban J connectivity index is 3.88. The first-order valence-electron chi connectivity index (χ1n) is 4.81. The zero-order valence-corrected chi connectivity index (χ0v) is 9.23. The predicted molar refractivity (Wildman–Crippen MR) is 58.7 cm³/mol. The van der Waals surface area contributed by atoms with E-state index in [9.17, 15) is 5.11 Å². The van der Waals surface area contributed by atoms with Gasteiger partial charge in [-0.15, -0.1) is 0 Å². The Hall–Kier alpha value is -1.04. The Morgan fingerprint density at radius 1 is 1.60 bits per heavy atom. The largest absolute Gasteiger partial charge is 0.499 e. The normalized spacial score (nSPS) is 15.2. The van der Waals surface area contributed by atoms with Crippen molar-refractivity contribution in [3.05, 3.63) is 23.6 Å². The van der Waals surface area contributed by atoms with Gasteiger partial charge in [-0.2, -0.15) is 0 Å². The first-order chi connectivity index (χ1) is 7.11. The maximum atomic E-state index is 9.33. The molecule has 0 amide bonds. The van der Waals surface area contributed by atoms with Gasteiger partial charge in [-0.3, -0.25) is 5.32 Å². The van der Waals surface area contributed by atoms with E-state index >= 15 is 0 Å². The fourth-order valence-corrected chi connectivity index (χ4v) is 0.874. The van der Waals surface area contributed by atoms with Crippen molar-refractivity contribution in [2.45, 2.75) is 19.6 Å². The topological polar surface area (TPSA) is 87.7 Å². The van der Waals surface area contributed by atoms with Crippen LogP contribution in [0.15, 0.2) is 23.6 Å². The fourth-order valence-electron chi connectivity index (χ4n) is 0.874. The van der Waals surface area contributed by atoms with Gasteiger partial charge in [-0.1, -0.05) is 6.08 Å². The zero-order valence-electron chi connectivity index (χ0n) is 9.23. The van der Waals surface area contributed by atoms with Gasteiger partial charge in [0.2, 0.25) is 0 Å². The van der Waals surface area contributed by atoms with E-state index in [-0.39, 0.29) is 6.61 Å². The summed E-state index contributed by atoms with van der Waals surface area (Å²) < 4.78 is 4.93. The number of allylic oxidation sites excluding steroid dienone is 2. The van der Waals surface area contributed by atoms with E-state index < -0.39 is 6.23 Å². The highest BCUT2D eigenvalue weighted by Crippen LogP contribution is 2.00. The van der Waals surface area contributed by atoms with Crippen molar-refractivity contribution in [2.75, 3.05) is 20.3 Å². The van der Waals surface area contributed by atoms with Crippen molar-refractivity contribution in [1.82, 2.24) is 5.32 Å². The number of hydrogen-bond donors (Lipinski definition) is 4. The zero-order chi connectivity index (χ0) is 11.7. The van der Waals surface area contributed by atoms with Gasteiger partial charge in [0.15, 0.2) is 0 Å². The molecule has 0 aromatic heterocycles. The number of methoxy groups -OCH3 is 1. The Labute approximate surface area is 90.2 Å².